The molecule has 238 valence electrons. The number of hydrogen-bond donors (Lipinski definition) is 1. The minimum Gasteiger partial charge on any atom is -0.493 e. The molecule has 3 atom stereocenters. The maximum atomic E-state index is 12.5. The SMILES string of the molecule is COc1ccc(CCO[C@H]2CCCC[C@@H]2N2CCC(OC(=O)CCCCCC(=O)N(C)CCS(=O)(=O)O)C2)cc1OC. The molecule has 2 aliphatic rings. The van der Waals surface area contributed by atoms with E-state index >= 15 is 0 Å². The Morgan fingerprint density at radius 1 is 1.02 bits per heavy atom. The van der Waals surface area contributed by atoms with Crippen LogP contribution in [0.25, 0.3) is 0 Å². The van der Waals surface area contributed by atoms with Gasteiger partial charge in [0.2, 0.25) is 5.91 Å². The van der Waals surface area contributed by atoms with Crippen LogP contribution in [-0.4, -0.2) is 106 Å². The molecule has 1 aliphatic carbocycles. The van der Waals surface area contributed by atoms with Gasteiger partial charge in [-0.15, -0.1) is 0 Å². The van der Waals surface area contributed by atoms with Crippen molar-refractivity contribution >= 4 is 22.0 Å². The molecule has 0 bridgehead atoms. The Bertz CT molecular complexity index is 1110. The van der Waals surface area contributed by atoms with E-state index in [1.165, 1.54) is 18.4 Å². The molecule has 1 saturated carbocycles. The molecule has 2 fully saturated rings. The van der Waals surface area contributed by atoms with Gasteiger partial charge in [0.1, 0.15) is 6.10 Å². The second kappa shape index (κ2) is 17.0. The fraction of sp³-hybridized carbons (Fsp3) is 0.733. The lowest BCUT2D eigenvalue weighted by Crippen LogP contribution is -2.46. The van der Waals surface area contributed by atoms with Crippen LogP contribution in [0.5, 0.6) is 11.5 Å². The van der Waals surface area contributed by atoms with Crippen LogP contribution >= 0.6 is 0 Å². The van der Waals surface area contributed by atoms with Gasteiger partial charge >= 0.3 is 5.97 Å². The molecule has 1 heterocycles. The van der Waals surface area contributed by atoms with Crippen molar-refractivity contribution < 1.29 is 41.5 Å². The van der Waals surface area contributed by atoms with E-state index in [1.807, 2.05) is 18.2 Å². The van der Waals surface area contributed by atoms with Gasteiger partial charge in [-0.25, -0.2) is 0 Å². The summed E-state index contributed by atoms with van der Waals surface area (Å²) in [5.74, 6) is 0.572. The van der Waals surface area contributed by atoms with Gasteiger partial charge in [-0.2, -0.15) is 8.42 Å². The first-order chi connectivity index (χ1) is 20.1. The summed E-state index contributed by atoms with van der Waals surface area (Å²) in [6.45, 7) is 2.21. The molecule has 12 heteroatoms. The third-order valence-corrected chi connectivity index (χ3v) is 8.86. The minimum absolute atomic E-state index is 0.0462. The van der Waals surface area contributed by atoms with E-state index < -0.39 is 15.9 Å². The zero-order chi connectivity index (χ0) is 30.5. The maximum Gasteiger partial charge on any atom is 0.306 e. The number of nitrogens with zero attached hydrogens (tertiary/aromatic N) is 2. The van der Waals surface area contributed by atoms with E-state index in [1.54, 1.807) is 14.2 Å². The molecule has 1 N–H and O–H groups in total. The minimum atomic E-state index is -4.09. The molecule has 1 unspecified atom stereocenters. The van der Waals surface area contributed by atoms with Crippen LogP contribution in [0.1, 0.15) is 69.8 Å². The van der Waals surface area contributed by atoms with Gasteiger partial charge in [-0.3, -0.25) is 19.0 Å². The van der Waals surface area contributed by atoms with Crippen LogP contribution in [0.2, 0.25) is 0 Å². The molecule has 1 amide bonds. The fourth-order valence-electron chi connectivity index (χ4n) is 5.74. The summed E-state index contributed by atoms with van der Waals surface area (Å²) >= 11 is 0. The first-order valence-electron chi connectivity index (χ1n) is 15.0. The number of carbonyl (C=O) groups is 2. The Balaban J connectivity index is 1.33. The lowest BCUT2D eigenvalue weighted by atomic mass is 9.91. The van der Waals surface area contributed by atoms with Crippen molar-refractivity contribution in [1.82, 2.24) is 9.80 Å². The fourth-order valence-corrected chi connectivity index (χ4v) is 6.24. The average molecular weight is 613 g/mol. The summed E-state index contributed by atoms with van der Waals surface area (Å²) in [5, 5.41) is 0. The van der Waals surface area contributed by atoms with E-state index in [4.69, 9.17) is 23.5 Å². The van der Waals surface area contributed by atoms with Gasteiger partial charge in [-0.05, 0) is 56.2 Å². The first kappa shape index (κ1) is 34.1. The normalized spacial score (nSPS) is 21.2. The molecule has 0 aromatic heterocycles. The highest BCUT2D eigenvalue weighted by Crippen LogP contribution is 2.30. The summed E-state index contributed by atoms with van der Waals surface area (Å²) in [6, 6.07) is 6.29. The largest absolute Gasteiger partial charge is 0.493 e. The highest BCUT2D eigenvalue weighted by Gasteiger charge is 2.36. The van der Waals surface area contributed by atoms with Gasteiger partial charge in [0.05, 0.1) is 32.7 Å². The van der Waals surface area contributed by atoms with Crippen LogP contribution < -0.4 is 9.47 Å². The Morgan fingerprint density at radius 3 is 2.50 bits per heavy atom. The number of methoxy groups -OCH3 is 2. The predicted molar refractivity (Wildman–Crippen MR) is 158 cm³/mol. The number of amides is 1. The van der Waals surface area contributed by atoms with Gasteiger partial charge in [0, 0.05) is 45.6 Å². The van der Waals surface area contributed by atoms with Crippen molar-refractivity contribution in [3.05, 3.63) is 23.8 Å². The number of benzene rings is 1. The van der Waals surface area contributed by atoms with Crippen LogP contribution in [0.3, 0.4) is 0 Å². The molecule has 1 aromatic rings. The van der Waals surface area contributed by atoms with E-state index in [0.717, 1.165) is 56.5 Å². The highest BCUT2D eigenvalue weighted by atomic mass is 32.2. The highest BCUT2D eigenvalue weighted by molar-refractivity contribution is 7.85. The van der Waals surface area contributed by atoms with Crippen LogP contribution in [0.4, 0.5) is 0 Å². The molecule has 3 rings (SSSR count). The maximum absolute atomic E-state index is 12.5. The van der Waals surface area contributed by atoms with Crippen molar-refractivity contribution in [2.75, 3.05) is 53.3 Å². The Kier molecular flexibility index (Phi) is 13.8. The van der Waals surface area contributed by atoms with Crippen molar-refractivity contribution in [1.29, 1.82) is 0 Å². The van der Waals surface area contributed by atoms with Gasteiger partial charge in [-0.1, -0.05) is 25.3 Å². The van der Waals surface area contributed by atoms with Crippen LogP contribution in [-0.2, 0) is 35.6 Å². The lowest BCUT2D eigenvalue weighted by Gasteiger charge is -2.37. The number of hydrogen-bond acceptors (Lipinski definition) is 9. The molecule has 1 saturated heterocycles. The summed E-state index contributed by atoms with van der Waals surface area (Å²) in [4.78, 5) is 28.3. The third-order valence-electron chi connectivity index (χ3n) is 8.16. The van der Waals surface area contributed by atoms with Gasteiger partial charge in [0.25, 0.3) is 10.1 Å². The number of esters is 1. The average Bonchev–Trinajstić information content (AvgIpc) is 3.43. The second-order valence-electron chi connectivity index (χ2n) is 11.3. The van der Waals surface area contributed by atoms with Crippen LogP contribution in [0.15, 0.2) is 18.2 Å². The topological polar surface area (TPSA) is 132 Å². The molecular weight excluding hydrogens is 564 g/mol. The molecule has 0 spiro atoms. The molecule has 1 aromatic carbocycles. The summed E-state index contributed by atoms with van der Waals surface area (Å²) in [5.41, 5.74) is 1.14. The number of likely N-dealkylation sites (tertiary alicyclic amines) is 1. The molecular formula is C30H48N2O9S. The summed E-state index contributed by atoms with van der Waals surface area (Å²) in [7, 11) is 0.685. The van der Waals surface area contributed by atoms with Crippen molar-refractivity contribution in [3.63, 3.8) is 0 Å². The van der Waals surface area contributed by atoms with Crippen molar-refractivity contribution in [3.8, 4) is 11.5 Å². The van der Waals surface area contributed by atoms with E-state index in [0.29, 0.717) is 44.1 Å². The number of ether oxygens (including phenoxy) is 4. The van der Waals surface area contributed by atoms with Gasteiger partial charge in [0.15, 0.2) is 11.5 Å². The number of carbonyl (C=O) groups excluding carboxylic acids is 2. The number of unbranched alkanes of at least 4 members (excludes halogenated alkanes) is 2. The van der Waals surface area contributed by atoms with Crippen LogP contribution in [0, 0.1) is 0 Å². The van der Waals surface area contributed by atoms with E-state index in [9.17, 15) is 18.0 Å². The monoisotopic (exact) mass is 612 g/mol. The first-order valence-corrected chi connectivity index (χ1v) is 16.7. The molecule has 42 heavy (non-hydrogen) atoms. The van der Waals surface area contributed by atoms with E-state index in [2.05, 4.69) is 4.90 Å². The molecule has 0 radical (unpaired) electrons. The smallest absolute Gasteiger partial charge is 0.306 e. The molecule has 11 nitrogen and oxygen atoms in total. The van der Waals surface area contributed by atoms with Crippen molar-refractivity contribution in [2.45, 2.75) is 88.9 Å². The van der Waals surface area contributed by atoms with Crippen molar-refractivity contribution in [2.24, 2.45) is 0 Å². The quantitative estimate of drug-likeness (QED) is 0.158. The third kappa shape index (κ3) is 11.3. The second-order valence-corrected chi connectivity index (χ2v) is 12.8. The predicted octanol–water partition coefficient (Wildman–Crippen LogP) is 3.49. The Hall–Kier alpha value is -2.41. The lowest BCUT2D eigenvalue weighted by molar-refractivity contribution is -0.148. The zero-order valence-corrected chi connectivity index (χ0v) is 26.1. The zero-order valence-electron chi connectivity index (χ0n) is 25.3. The summed E-state index contributed by atoms with van der Waals surface area (Å²) < 4.78 is 53.4. The van der Waals surface area contributed by atoms with E-state index in [-0.39, 0.29) is 37.0 Å². The molecule has 1 aliphatic heterocycles. The number of rotatable bonds is 17. The Labute approximate surface area is 250 Å². The Morgan fingerprint density at radius 2 is 1.76 bits per heavy atom. The summed E-state index contributed by atoms with van der Waals surface area (Å²) in [6.07, 6.45) is 8.68. The standard InChI is InChI=1S/C30H48N2O9S/c1-31(18-20-42(35,36)37)29(33)11-5-4-6-12-30(34)41-24-15-17-32(22-24)25-9-7-8-10-26(25)40-19-16-23-13-14-27(38-2)28(21-23)39-3/h13-14,21,24-26H,4-12,15-20,22H2,1-3H3,(H,35,36,37)/t24?,25-,26-/m0/s1. The van der Waals surface area contributed by atoms with Gasteiger partial charge < -0.3 is 23.8 Å².